The molecular weight excluding hydrogens is 362 g/mol. The van der Waals surface area contributed by atoms with E-state index in [1.807, 2.05) is 0 Å². The zero-order chi connectivity index (χ0) is 21.7. The Labute approximate surface area is 181 Å². The van der Waals surface area contributed by atoms with E-state index in [1.54, 1.807) is 11.8 Å². The van der Waals surface area contributed by atoms with Crippen molar-refractivity contribution < 1.29 is 14.3 Å². The molecule has 4 heteroatoms. The smallest absolute Gasteiger partial charge is 0.307 e. The van der Waals surface area contributed by atoms with Crippen LogP contribution in [0, 0.1) is 5.92 Å². The van der Waals surface area contributed by atoms with Gasteiger partial charge in [-0.15, -0.1) is 0 Å². The summed E-state index contributed by atoms with van der Waals surface area (Å²) in [6.07, 6.45) is 17.7. The highest BCUT2D eigenvalue weighted by Gasteiger charge is 2.13. The Morgan fingerprint density at radius 3 is 1.83 bits per heavy atom. The second-order valence-corrected chi connectivity index (χ2v) is 8.54. The molecule has 0 saturated heterocycles. The number of esters is 1. The van der Waals surface area contributed by atoms with Gasteiger partial charge in [0.2, 0.25) is 5.91 Å². The number of amides is 1. The SMILES string of the molecule is CCCCCCCCCCCCN(CCC(=O)OCC(CC)CCCC)C(C)=O. The highest BCUT2D eigenvalue weighted by molar-refractivity contribution is 5.75. The highest BCUT2D eigenvalue weighted by atomic mass is 16.5. The van der Waals surface area contributed by atoms with Crippen LogP contribution in [0.2, 0.25) is 0 Å². The average molecular weight is 412 g/mol. The van der Waals surface area contributed by atoms with Gasteiger partial charge in [0.05, 0.1) is 13.0 Å². The summed E-state index contributed by atoms with van der Waals surface area (Å²) in [5.74, 6) is 0.354. The summed E-state index contributed by atoms with van der Waals surface area (Å²) < 4.78 is 5.45. The van der Waals surface area contributed by atoms with Crippen LogP contribution < -0.4 is 0 Å². The Bertz CT molecular complexity index is 398. The summed E-state index contributed by atoms with van der Waals surface area (Å²) in [6.45, 7) is 9.95. The van der Waals surface area contributed by atoms with Gasteiger partial charge in [0.15, 0.2) is 0 Å². The van der Waals surface area contributed by atoms with E-state index in [0.717, 1.165) is 25.8 Å². The molecule has 0 aromatic heterocycles. The lowest BCUT2D eigenvalue weighted by molar-refractivity contribution is -0.146. The molecule has 0 rings (SSSR count). The lowest BCUT2D eigenvalue weighted by atomic mass is 10.0. The maximum atomic E-state index is 12.0. The number of rotatable bonds is 20. The molecule has 4 nitrogen and oxygen atoms in total. The fourth-order valence-corrected chi connectivity index (χ4v) is 3.62. The Hall–Kier alpha value is -1.06. The van der Waals surface area contributed by atoms with Crippen LogP contribution in [-0.2, 0) is 14.3 Å². The Morgan fingerprint density at radius 2 is 1.31 bits per heavy atom. The monoisotopic (exact) mass is 411 g/mol. The van der Waals surface area contributed by atoms with E-state index in [1.165, 1.54) is 70.6 Å². The van der Waals surface area contributed by atoms with E-state index < -0.39 is 0 Å². The molecule has 0 bridgehead atoms. The van der Waals surface area contributed by atoms with Gasteiger partial charge in [-0.25, -0.2) is 0 Å². The first-order valence-corrected chi connectivity index (χ1v) is 12.5. The topological polar surface area (TPSA) is 46.6 Å². The first-order valence-electron chi connectivity index (χ1n) is 12.5. The molecule has 0 N–H and O–H groups in total. The minimum Gasteiger partial charge on any atom is -0.465 e. The zero-order valence-electron chi connectivity index (χ0n) is 20.0. The molecule has 0 fully saturated rings. The molecule has 0 aliphatic heterocycles. The molecule has 0 saturated carbocycles. The van der Waals surface area contributed by atoms with Gasteiger partial charge in [-0.05, 0) is 18.8 Å². The summed E-state index contributed by atoms with van der Waals surface area (Å²) in [5.41, 5.74) is 0. The fourth-order valence-electron chi connectivity index (χ4n) is 3.62. The largest absolute Gasteiger partial charge is 0.465 e. The van der Waals surface area contributed by atoms with Gasteiger partial charge in [0, 0.05) is 20.0 Å². The maximum Gasteiger partial charge on any atom is 0.307 e. The zero-order valence-corrected chi connectivity index (χ0v) is 20.0. The minimum atomic E-state index is -0.172. The molecule has 1 unspecified atom stereocenters. The van der Waals surface area contributed by atoms with Gasteiger partial charge in [-0.2, -0.15) is 0 Å². The van der Waals surface area contributed by atoms with E-state index >= 15 is 0 Å². The van der Waals surface area contributed by atoms with E-state index in [0.29, 0.717) is 25.5 Å². The lowest BCUT2D eigenvalue weighted by Gasteiger charge is -2.21. The molecule has 172 valence electrons. The fraction of sp³-hybridized carbons (Fsp3) is 0.920. The van der Waals surface area contributed by atoms with Crippen molar-refractivity contribution in [3.63, 3.8) is 0 Å². The molecule has 0 aliphatic carbocycles. The number of carbonyl (C=O) groups excluding carboxylic acids is 2. The van der Waals surface area contributed by atoms with Crippen LogP contribution in [0.25, 0.3) is 0 Å². The molecule has 1 amide bonds. The third-order valence-electron chi connectivity index (χ3n) is 5.84. The Kier molecular flexibility index (Phi) is 19.5. The van der Waals surface area contributed by atoms with Crippen molar-refractivity contribution in [3.8, 4) is 0 Å². The Balaban J connectivity index is 3.83. The molecule has 0 spiro atoms. The maximum absolute atomic E-state index is 12.0. The van der Waals surface area contributed by atoms with Crippen molar-refractivity contribution in [1.82, 2.24) is 4.90 Å². The molecule has 0 aliphatic rings. The number of ether oxygens (including phenoxy) is 1. The van der Waals surface area contributed by atoms with Gasteiger partial charge in [-0.1, -0.05) is 97.8 Å². The highest BCUT2D eigenvalue weighted by Crippen LogP contribution is 2.14. The van der Waals surface area contributed by atoms with E-state index in [-0.39, 0.29) is 11.9 Å². The van der Waals surface area contributed by atoms with Crippen LogP contribution in [0.4, 0.5) is 0 Å². The second kappa shape index (κ2) is 20.2. The van der Waals surface area contributed by atoms with Crippen LogP contribution in [0.3, 0.4) is 0 Å². The first kappa shape index (κ1) is 27.9. The van der Waals surface area contributed by atoms with Crippen molar-refractivity contribution >= 4 is 11.9 Å². The predicted molar refractivity (Wildman–Crippen MR) is 123 cm³/mol. The molecule has 0 aromatic rings. The summed E-state index contributed by atoms with van der Waals surface area (Å²) in [7, 11) is 0. The van der Waals surface area contributed by atoms with Gasteiger partial charge >= 0.3 is 5.97 Å². The number of unbranched alkanes of at least 4 members (excludes halogenated alkanes) is 10. The lowest BCUT2D eigenvalue weighted by Crippen LogP contribution is -2.32. The van der Waals surface area contributed by atoms with Crippen molar-refractivity contribution in [1.29, 1.82) is 0 Å². The summed E-state index contributed by atoms with van der Waals surface area (Å²) in [5, 5.41) is 0. The molecular formula is C25H49NO3. The standard InChI is InChI=1S/C25H49NO3/c1-5-8-10-11-12-13-14-15-16-17-20-26(23(4)27)21-19-25(28)29-22-24(7-3)18-9-6-2/h24H,5-22H2,1-4H3. The van der Waals surface area contributed by atoms with Gasteiger partial charge < -0.3 is 9.64 Å². The Morgan fingerprint density at radius 1 is 0.759 bits per heavy atom. The average Bonchev–Trinajstić information content (AvgIpc) is 2.71. The van der Waals surface area contributed by atoms with Gasteiger partial charge in [0.25, 0.3) is 0 Å². The first-order chi connectivity index (χ1) is 14.0. The van der Waals surface area contributed by atoms with Crippen LogP contribution in [0.1, 0.15) is 124 Å². The number of carbonyl (C=O) groups is 2. The van der Waals surface area contributed by atoms with Crippen molar-refractivity contribution in [3.05, 3.63) is 0 Å². The number of hydrogen-bond acceptors (Lipinski definition) is 3. The number of hydrogen-bond donors (Lipinski definition) is 0. The number of nitrogens with zero attached hydrogens (tertiary/aromatic N) is 1. The van der Waals surface area contributed by atoms with Crippen LogP contribution in [0.15, 0.2) is 0 Å². The van der Waals surface area contributed by atoms with Gasteiger partial charge in [0.1, 0.15) is 0 Å². The summed E-state index contributed by atoms with van der Waals surface area (Å²) >= 11 is 0. The molecule has 0 heterocycles. The van der Waals surface area contributed by atoms with E-state index in [2.05, 4.69) is 20.8 Å². The molecule has 0 radical (unpaired) electrons. The third kappa shape index (κ3) is 17.5. The second-order valence-electron chi connectivity index (χ2n) is 8.54. The minimum absolute atomic E-state index is 0.0584. The van der Waals surface area contributed by atoms with Crippen molar-refractivity contribution in [2.75, 3.05) is 19.7 Å². The summed E-state index contributed by atoms with van der Waals surface area (Å²) in [6, 6.07) is 0. The molecule has 29 heavy (non-hydrogen) atoms. The predicted octanol–water partition coefficient (Wildman–Crippen LogP) is 6.91. The van der Waals surface area contributed by atoms with E-state index in [4.69, 9.17) is 4.74 Å². The van der Waals surface area contributed by atoms with Crippen LogP contribution in [-0.4, -0.2) is 36.5 Å². The quantitative estimate of drug-likeness (QED) is 0.162. The molecule has 1 atom stereocenters. The van der Waals surface area contributed by atoms with E-state index in [9.17, 15) is 9.59 Å². The van der Waals surface area contributed by atoms with Crippen molar-refractivity contribution in [2.24, 2.45) is 5.92 Å². The normalized spacial score (nSPS) is 12.0. The summed E-state index contributed by atoms with van der Waals surface area (Å²) in [4.78, 5) is 25.7. The molecule has 0 aromatic carbocycles. The van der Waals surface area contributed by atoms with Crippen molar-refractivity contribution in [2.45, 2.75) is 124 Å². The third-order valence-corrected chi connectivity index (χ3v) is 5.84. The van der Waals surface area contributed by atoms with Gasteiger partial charge in [-0.3, -0.25) is 9.59 Å². The van der Waals surface area contributed by atoms with Crippen LogP contribution in [0.5, 0.6) is 0 Å². The van der Waals surface area contributed by atoms with Crippen LogP contribution >= 0.6 is 0 Å².